The first-order valence-electron chi connectivity index (χ1n) is 8.75. The normalized spacial score (nSPS) is 10.8. The number of hydrogen-bond donors (Lipinski definition) is 2. The summed E-state index contributed by atoms with van der Waals surface area (Å²) in [5.41, 5.74) is 2.89. The van der Waals surface area contributed by atoms with Crippen LogP contribution in [0.3, 0.4) is 0 Å². The molecule has 0 saturated heterocycles. The van der Waals surface area contributed by atoms with Crippen LogP contribution < -0.4 is 10.6 Å². The molecule has 0 atom stereocenters. The molecule has 0 aliphatic rings. The Labute approximate surface area is 171 Å². The molecule has 0 spiro atoms. The van der Waals surface area contributed by atoms with Crippen LogP contribution in [-0.2, 0) is 10.5 Å². The number of anilines is 3. The molecule has 1 heterocycles. The lowest BCUT2D eigenvalue weighted by Crippen LogP contribution is -2.05. The number of carbonyl (C=O) groups excluding carboxylic acids is 1. The number of nitrogens with one attached hydrogen (secondary N) is 2. The van der Waals surface area contributed by atoms with E-state index in [9.17, 15) is 4.79 Å². The van der Waals surface area contributed by atoms with Crippen molar-refractivity contribution in [2.45, 2.75) is 17.0 Å². The van der Waals surface area contributed by atoms with Crippen molar-refractivity contribution in [3.05, 3.63) is 72.3 Å². The Morgan fingerprint density at radius 1 is 1.00 bits per heavy atom. The second-order valence-corrected chi connectivity index (χ2v) is 8.39. The molecule has 4 aromatic rings. The van der Waals surface area contributed by atoms with Gasteiger partial charge in [0.15, 0.2) is 4.34 Å². The summed E-state index contributed by atoms with van der Waals surface area (Å²) in [6.45, 7) is 1.49. The van der Waals surface area contributed by atoms with Crippen LogP contribution in [0.5, 0.6) is 0 Å². The summed E-state index contributed by atoms with van der Waals surface area (Å²) >= 11 is 3.19. The Bertz CT molecular complexity index is 1120. The van der Waals surface area contributed by atoms with Gasteiger partial charge in [-0.3, -0.25) is 4.79 Å². The molecule has 0 unspecified atom stereocenters. The lowest BCUT2D eigenvalue weighted by atomic mass is 10.1. The zero-order valence-corrected chi connectivity index (χ0v) is 16.8. The number of hydrogen-bond acceptors (Lipinski definition) is 6. The summed E-state index contributed by atoms with van der Waals surface area (Å²) in [4.78, 5) is 11.2. The number of carbonyl (C=O) groups is 1. The third-order valence-electron chi connectivity index (χ3n) is 4.07. The number of rotatable bonds is 6. The van der Waals surface area contributed by atoms with Gasteiger partial charge in [0.2, 0.25) is 11.0 Å². The largest absolute Gasteiger partial charge is 0.330 e. The van der Waals surface area contributed by atoms with Crippen LogP contribution in [0.1, 0.15) is 12.5 Å². The number of thioether (sulfide) groups is 1. The Morgan fingerprint density at radius 3 is 2.68 bits per heavy atom. The van der Waals surface area contributed by atoms with Crippen molar-refractivity contribution in [2.24, 2.45) is 0 Å². The zero-order chi connectivity index (χ0) is 19.3. The van der Waals surface area contributed by atoms with E-state index in [1.54, 1.807) is 11.8 Å². The molecule has 0 aliphatic heterocycles. The van der Waals surface area contributed by atoms with Crippen molar-refractivity contribution in [1.29, 1.82) is 0 Å². The van der Waals surface area contributed by atoms with Crippen molar-refractivity contribution in [3.8, 4) is 0 Å². The molecule has 28 heavy (non-hydrogen) atoms. The van der Waals surface area contributed by atoms with Crippen LogP contribution in [0.4, 0.5) is 16.5 Å². The van der Waals surface area contributed by atoms with Gasteiger partial charge < -0.3 is 10.6 Å². The van der Waals surface area contributed by atoms with E-state index in [1.807, 2.05) is 24.3 Å². The van der Waals surface area contributed by atoms with Crippen LogP contribution in [-0.4, -0.2) is 16.1 Å². The molecule has 0 aliphatic carbocycles. The van der Waals surface area contributed by atoms with Gasteiger partial charge in [-0.1, -0.05) is 71.6 Å². The van der Waals surface area contributed by atoms with Gasteiger partial charge >= 0.3 is 0 Å². The van der Waals surface area contributed by atoms with Crippen molar-refractivity contribution in [2.75, 3.05) is 10.6 Å². The standard InChI is InChI=1S/C21H18N4OS2/c1-14(26)22-17-9-5-10-18(12-17)23-20-24-25-21(28-20)27-13-16-8-4-7-15-6-2-3-11-19(15)16/h2-12H,13H2,1H3,(H,22,26)(H,23,24). The molecule has 0 bridgehead atoms. The lowest BCUT2D eigenvalue weighted by molar-refractivity contribution is -0.114. The summed E-state index contributed by atoms with van der Waals surface area (Å²) in [5, 5.41) is 17.8. The smallest absolute Gasteiger partial charge is 0.221 e. The molecule has 0 saturated carbocycles. The van der Waals surface area contributed by atoms with Crippen LogP contribution in [0.2, 0.25) is 0 Å². The number of nitrogens with zero attached hydrogens (tertiary/aromatic N) is 2. The first-order chi connectivity index (χ1) is 13.7. The van der Waals surface area contributed by atoms with Crippen molar-refractivity contribution in [1.82, 2.24) is 10.2 Å². The van der Waals surface area contributed by atoms with Gasteiger partial charge in [-0.25, -0.2) is 0 Å². The third kappa shape index (κ3) is 4.49. The maximum Gasteiger partial charge on any atom is 0.221 e. The fourth-order valence-electron chi connectivity index (χ4n) is 2.88. The van der Waals surface area contributed by atoms with E-state index < -0.39 is 0 Å². The number of fused-ring (bicyclic) bond motifs is 1. The second kappa shape index (κ2) is 8.41. The highest BCUT2D eigenvalue weighted by Crippen LogP contribution is 2.32. The minimum atomic E-state index is -0.0970. The molecule has 140 valence electrons. The molecule has 1 amide bonds. The topological polar surface area (TPSA) is 66.9 Å². The van der Waals surface area contributed by atoms with Crippen LogP contribution in [0, 0.1) is 0 Å². The Balaban J connectivity index is 1.43. The maximum atomic E-state index is 11.2. The maximum absolute atomic E-state index is 11.2. The van der Waals surface area contributed by atoms with E-state index in [4.69, 9.17) is 0 Å². The first kappa shape index (κ1) is 18.5. The molecule has 0 radical (unpaired) electrons. The summed E-state index contributed by atoms with van der Waals surface area (Å²) in [7, 11) is 0. The van der Waals surface area contributed by atoms with Crippen molar-refractivity contribution >= 4 is 56.3 Å². The summed E-state index contributed by atoms with van der Waals surface area (Å²) in [5.74, 6) is 0.744. The predicted molar refractivity (Wildman–Crippen MR) is 117 cm³/mol. The van der Waals surface area contributed by atoms with Crippen LogP contribution >= 0.6 is 23.1 Å². The fourth-order valence-corrected chi connectivity index (χ4v) is 4.65. The monoisotopic (exact) mass is 406 g/mol. The summed E-state index contributed by atoms with van der Waals surface area (Å²) < 4.78 is 0.911. The predicted octanol–water partition coefficient (Wildman–Crippen LogP) is 5.69. The highest BCUT2D eigenvalue weighted by Gasteiger charge is 2.08. The average Bonchev–Trinajstić information content (AvgIpc) is 3.13. The molecular weight excluding hydrogens is 388 g/mol. The van der Waals surface area contributed by atoms with E-state index in [1.165, 1.54) is 34.6 Å². The molecule has 4 rings (SSSR count). The third-order valence-corrected chi connectivity index (χ3v) is 6.09. The van der Waals surface area contributed by atoms with E-state index in [0.717, 1.165) is 26.6 Å². The van der Waals surface area contributed by atoms with E-state index >= 15 is 0 Å². The van der Waals surface area contributed by atoms with Crippen LogP contribution in [0.25, 0.3) is 10.8 Å². The highest BCUT2D eigenvalue weighted by atomic mass is 32.2. The molecule has 5 nitrogen and oxygen atoms in total. The fraction of sp³-hybridized carbons (Fsp3) is 0.0952. The highest BCUT2D eigenvalue weighted by molar-refractivity contribution is 8.00. The van der Waals surface area contributed by atoms with Gasteiger partial charge in [-0.15, -0.1) is 10.2 Å². The van der Waals surface area contributed by atoms with Crippen LogP contribution in [0.15, 0.2) is 71.1 Å². The number of amides is 1. The molecule has 1 aromatic heterocycles. The van der Waals surface area contributed by atoms with E-state index in [-0.39, 0.29) is 5.91 Å². The SMILES string of the molecule is CC(=O)Nc1cccc(Nc2nnc(SCc3cccc4ccccc34)s2)c1. The number of aromatic nitrogens is 2. The van der Waals surface area contributed by atoms with Gasteiger partial charge in [0, 0.05) is 24.1 Å². The van der Waals surface area contributed by atoms with E-state index in [2.05, 4.69) is 63.3 Å². The second-order valence-electron chi connectivity index (χ2n) is 6.19. The molecule has 3 aromatic carbocycles. The average molecular weight is 407 g/mol. The summed E-state index contributed by atoms with van der Waals surface area (Å²) in [6.07, 6.45) is 0. The van der Waals surface area contributed by atoms with E-state index in [0.29, 0.717) is 0 Å². The van der Waals surface area contributed by atoms with Crippen molar-refractivity contribution in [3.63, 3.8) is 0 Å². The molecule has 7 heteroatoms. The summed E-state index contributed by atoms with van der Waals surface area (Å²) in [6, 6.07) is 22.3. The molecular formula is C21H18N4OS2. The van der Waals surface area contributed by atoms with Gasteiger partial charge in [-0.2, -0.15) is 0 Å². The lowest BCUT2D eigenvalue weighted by Gasteiger charge is -2.06. The van der Waals surface area contributed by atoms with Gasteiger partial charge in [0.25, 0.3) is 0 Å². The molecule has 2 N–H and O–H groups in total. The Kier molecular flexibility index (Phi) is 5.55. The first-order valence-corrected chi connectivity index (χ1v) is 10.6. The van der Waals surface area contributed by atoms with Gasteiger partial charge in [0.05, 0.1) is 0 Å². The Hall–Kier alpha value is -2.90. The number of benzene rings is 3. The minimum absolute atomic E-state index is 0.0970. The quantitative estimate of drug-likeness (QED) is 0.403. The minimum Gasteiger partial charge on any atom is -0.330 e. The van der Waals surface area contributed by atoms with Gasteiger partial charge in [-0.05, 0) is 34.5 Å². The Morgan fingerprint density at radius 2 is 1.79 bits per heavy atom. The van der Waals surface area contributed by atoms with Crippen molar-refractivity contribution < 1.29 is 4.79 Å². The van der Waals surface area contributed by atoms with Gasteiger partial charge in [0.1, 0.15) is 0 Å². The molecule has 0 fully saturated rings. The zero-order valence-electron chi connectivity index (χ0n) is 15.2.